The molecule has 1 aliphatic heterocycles. The van der Waals surface area contributed by atoms with Gasteiger partial charge in [0.15, 0.2) is 17.3 Å². The summed E-state index contributed by atoms with van der Waals surface area (Å²) in [4.78, 5) is 24.0. The molecule has 0 spiro atoms. The molecular weight excluding hydrogens is 249 g/mol. The number of carbonyl (C=O) groups excluding carboxylic acids is 2. The summed E-state index contributed by atoms with van der Waals surface area (Å²) in [5.41, 5.74) is 0.207. The molecule has 0 aromatic heterocycles. The van der Waals surface area contributed by atoms with Crippen molar-refractivity contribution in [3.63, 3.8) is 0 Å². The summed E-state index contributed by atoms with van der Waals surface area (Å²) in [5.74, 6) is -0.862. The zero-order chi connectivity index (χ0) is 13.4. The quantitative estimate of drug-likeness (QED) is 0.883. The molecule has 19 heavy (non-hydrogen) atoms. The lowest BCUT2D eigenvalue weighted by molar-refractivity contribution is -0.122. The maximum absolute atomic E-state index is 13.6. The van der Waals surface area contributed by atoms with Crippen LogP contribution >= 0.6 is 0 Å². The Morgan fingerprint density at radius 2 is 2.11 bits per heavy atom. The van der Waals surface area contributed by atoms with E-state index in [-0.39, 0.29) is 35.5 Å². The van der Waals surface area contributed by atoms with Crippen LogP contribution in [0.25, 0.3) is 0 Å². The molecule has 5 heteroatoms. The number of hydrogen-bond acceptors (Lipinski definition) is 3. The maximum Gasteiger partial charge on any atom is 0.223 e. The van der Waals surface area contributed by atoms with E-state index in [4.69, 9.17) is 4.74 Å². The standard InChI is InChI=1S/C14H14FNO3/c15-10-3-1-2-9-12(17)11(6-7-19-13(9)10)16-14(18)8-4-5-8/h1-3,8,11H,4-7H2,(H,16,18). The van der Waals surface area contributed by atoms with Gasteiger partial charge in [0.2, 0.25) is 5.91 Å². The number of nitrogens with one attached hydrogen (secondary N) is 1. The number of Topliss-reactive ketones (excluding diaryl/α,β-unsaturated/α-hetero) is 1. The van der Waals surface area contributed by atoms with E-state index in [0.717, 1.165) is 12.8 Å². The van der Waals surface area contributed by atoms with Crippen molar-refractivity contribution < 1.29 is 18.7 Å². The Bertz CT molecular complexity index is 539. The molecule has 1 heterocycles. The van der Waals surface area contributed by atoms with Crippen LogP contribution < -0.4 is 10.1 Å². The third-order valence-electron chi connectivity index (χ3n) is 3.47. The fourth-order valence-electron chi connectivity index (χ4n) is 2.22. The van der Waals surface area contributed by atoms with Crippen LogP contribution in [0.3, 0.4) is 0 Å². The number of ketones is 1. The Balaban J connectivity index is 1.84. The fourth-order valence-corrected chi connectivity index (χ4v) is 2.22. The van der Waals surface area contributed by atoms with Gasteiger partial charge in [0.05, 0.1) is 18.2 Å². The average Bonchev–Trinajstić information content (AvgIpc) is 3.21. The highest BCUT2D eigenvalue weighted by molar-refractivity contribution is 6.04. The zero-order valence-corrected chi connectivity index (χ0v) is 10.3. The fraction of sp³-hybridized carbons (Fsp3) is 0.429. The molecule has 3 rings (SSSR count). The monoisotopic (exact) mass is 263 g/mol. The van der Waals surface area contributed by atoms with Gasteiger partial charge < -0.3 is 10.1 Å². The lowest BCUT2D eigenvalue weighted by Gasteiger charge is -2.14. The van der Waals surface area contributed by atoms with Gasteiger partial charge >= 0.3 is 0 Å². The molecule has 0 radical (unpaired) electrons. The normalized spacial score (nSPS) is 22.2. The molecule has 2 aliphatic rings. The second-order valence-electron chi connectivity index (χ2n) is 4.95. The van der Waals surface area contributed by atoms with Gasteiger partial charge in [-0.2, -0.15) is 0 Å². The molecule has 100 valence electrons. The van der Waals surface area contributed by atoms with Crippen LogP contribution in [-0.2, 0) is 4.79 Å². The first kappa shape index (κ1) is 12.1. The first-order valence-electron chi connectivity index (χ1n) is 6.42. The van der Waals surface area contributed by atoms with E-state index in [9.17, 15) is 14.0 Å². The largest absolute Gasteiger partial charge is 0.490 e. The summed E-state index contributed by atoms with van der Waals surface area (Å²) in [5, 5.41) is 2.74. The van der Waals surface area contributed by atoms with E-state index in [1.807, 2.05) is 0 Å². The van der Waals surface area contributed by atoms with Crippen LogP contribution in [0.2, 0.25) is 0 Å². The van der Waals surface area contributed by atoms with Crippen LogP contribution in [0.15, 0.2) is 18.2 Å². The Morgan fingerprint density at radius 1 is 1.32 bits per heavy atom. The molecule has 0 saturated heterocycles. The summed E-state index contributed by atoms with van der Waals surface area (Å²) in [6, 6.07) is 3.65. The molecule has 4 nitrogen and oxygen atoms in total. The minimum absolute atomic E-state index is 0.00401. The van der Waals surface area contributed by atoms with Crippen molar-refractivity contribution in [1.82, 2.24) is 5.32 Å². The van der Waals surface area contributed by atoms with E-state index >= 15 is 0 Å². The van der Waals surface area contributed by atoms with Crippen molar-refractivity contribution >= 4 is 11.7 Å². The predicted molar refractivity (Wildman–Crippen MR) is 65.5 cm³/mol. The van der Waals surface area contributed by atoms with Crippen molar-refractivity contribution in [2.75, 3.05) is 6.61 Å². The van der Waals surface area contributed by atoms with E-state index in [0.29, 0.717) is 6.42 Å². The number of benzene rings is 1. The van der Waals surface area contributed by atoms with Crippen molar-refractivity contribution in [1.29, 1.82) is 0 Å². The molecule has 1 amide bonds. The summed E-state index contributed by atoms with van der Waals surface area (Å²) in [6.07, 6.45) is 2.13. The van der Waals surface area contributed by atoms with Gasteiger partial charge in [-0.1, -0.05) is 6.07 Å². The molecule has 1 aromatic rings. The van der Waals surface area contributed by atoms with Crippen molar-refractivity contribution in [3.05, 3.63) is 29.6 Å². The van der Waals surface area contributed by atoms with Gasteiger partial charge in [0, 0.05) is 12.3 Å². The maximum atomic E-state index is 13.6. The minimum Gasteiger partial charge on any atom is -0.490 e. The number of ether oxygens (including phenoxy) is 1. The van der Waals surface area contributed by atoms with E-state index in [1.165, 1.54) is 18.2 Å². The minimum atomic E-state index is -0.615. The molecule has 1 unspecified atom stereocenters. The molecule has 1 saturated carbocycles. The number of fused-ring (bicyclic) bond motifs is 1. The molecular formula is C14H14FNO3. The van der Waals surface area contributed by atoms with Gasteiger partial charge in [-0.25, -0.2) is 4.39 Å². The Kier molecular flexibility index (Phi) is 2.97. The van der Waals surface area contributed by atoms with Gasteiger partial charge in [0.1, 0.15) is 0 Å². The van der Waals surface area contributed by atoms with Gasteiger partial charge in [-0.15, -0.1) is 0 Å². The van der Waals surface area contributed by atoms with E-state index < -0.39 is 11.9 Å². The van der Waals surface area contributed by atoms with Crippen molar-refractivity contribution in [3.8, 4) is 5.75 Å². The highest BCUT2D eigenvalue weighted by Crippen LogP contribution is 2.30. The Labute approximate surface area is 109 Å². The number of hydrogen-bond donors (Lipinski definition) is 1. The molecule has 1 fully saturated rings. The summed E-state index contributed by atoms with van der Waals surface area (Å²) >= 11 is 0. The lowest BCUT2D eigenvalue weighted by atomic mass is 10.0. The summed E-state index contributed by atoms with van der Waals surface area (Å²) in [6.45, 7) is 0.218. The van der Waals surface area contributed by atoms with Crippen LogP contribution in [0.4, 0.5) is 4.39 Å². The first-order valence-corrected chi connectivity index (χ1v) is 6.42. The van der Waals surface area contributed by atoms with Crippen LogP contribution in [-0.4, -0.2) is 24.3 Å². The lowest BCUT2D eigenvalue weighted by Crippen LogP contribution is -2.41. The third kappa shape index (κ3) is 2.32. The van der Waals surface area contributed by atoms with E-state index in [1.54, 1.807) is 0 Å². The average molecular weight is 263 g/mol. The Hall–Kier alpha value is -1.91. The molecule has 0 bridgehead atoms. The van der Waals surface area contributed by atoms with Crippen LogP contribution in [0.1, 0.15) is 29.6 Å². The van der Waals surface area contributed by atoms with Gasteiger partial charge in [-0.3, -0.25) is 9.59 Å². The topological polar surface area (TPSA) is 55.4 Å². The number of amides is 1. The summed E-state index contributed by atoms with van der Waals surface area (Å²) < 4.78 is 18.9. The smallest absolute Gasteiger partial charge is 0.223 e. The number of carbonyl (C=O) groups is 2. The SMILES string of the molecule is O=C(NC1CCOc2c(F)cccc2C1=O)C1CC1. The first-order chi connectivity index (χ1) is 9.16. The van der Waals surface area contributed by atoms with Crippen molar-refractivity contribution in [2.24, 2.45) is 5.92 Å². The summed E-state index contributed by atoms with van der Waals surface area (Å²) in [7, 11) is 0. The third-order valence-corrected chi connectivity index (χ3v) is 3.47. The van der Waals surface area contributed by atoms with Gasteiger partial charge in [-0.05, 0) is 25.0 Å². The van der Waals surface area contributed by atoms with Crippen LogP contribution in [0.5, 0.6) is 5.75 Å². The van der Waals surface area contributed by atoms with Gasteiger partial charge in [0.25, 0.3) is 0 Å². The highest BCUT2D eigenvalue weighted by Gasteiger charge is 2.34. The zero-order valence-electron chi connectivity index (χ0n) is 10.3. The predicted octanol–water partition coefficient (Wildman–Crippen LogP) is 1.69. The molecule has 1 aliphatic carbocycles. The van der Waals surface area contributed by atoms with E-state index in [2.05, 4.69) is 5.32 Å². The van der Waals surface area contributed by atoms with Crippen LogP contribution in [0, 0.1) is 11.7 Å². The Morgan fingerprint density at radius 3 is 2.84 bits per heavy atom. The number of para-hydroxylation sites is 1. The van der Waals surface area contributed by atoms with Crippen molar-refractivity contribution in [2.45, 2.75) is 25.3 Å². The molecule has 1 atom stereocenters. The molecule has 1 aromatic carbocycles. The second kappa shape index (κ2) is 4.64. The number of rotatable bonds is 2. The molecule has 1 N–H and O–H groups in total. The number of halogens is 1. The second-order valence-corrected chi connectivity index (χ2v) is 4.95. The highest BCUT2D eigenvalue weighted by atomic mass is 19.1.